The highest BCUT2D eigenvalue weighted by Gasteiger charge is 2.03. The lowest BCUT2D eigenvalue weighted by molar-refractivity contribution is 0.783. The first-order chi connectivity index (χ1) is 11.2. The molecule has 3 aromatic rings. The Bertz CT molecular complexity index is 772. The van der Waals surface area contributed by atoms with Crippen molar-refractivity contribution in [3.63, 3.8) is 0 Å². The van der Waals surface area contributed by atoms with Gasteiger partial charge in [0.05, 0.1) is 6.33 Å². The van der Waals surface area contributed by atoms with E-state index in [0.717, 1.165) is 6.54 Å². The Morgan fingerprint density at radius 1 is 0.957 bits per heavy atom. The number of nitrogens with zero attached hydrogens (tertiary/aromatic N) is 2. The zero-order valence-electron chi connectivity index (χ0n) is 13.4. The second-order valence-electron chi connectivity index (χ2n) is 5.58. The van der Waals surface area contributed by atoms with Gasteiger partial charge in [0.1, 0.15) is 0 Å². The highest BCUT2D eigenvalue weighted by atomic mass is 32.2. The van der Waals surface area contributed by atoms with Crippen LogP contribution in [-0.4, -0.2) is 9.55 Å². The van der Waals surface area contributed by atoms with E-state index in [2.05, 4.69) is 71.9 Å². The van der Waals surface area contributed by atoms with Gasteiger partial charge in [-0.3, -0.25) is 0 Å². The van der Waals surface area contributed by atoms with Crippen LogP contribution in [0.5, 0.6) is 0 Å². The summed E-state index contributed by atoms with van der Waals surface area (Å²) in [6.07, 6.45) is 5.67. The van der Waals surface area contributed by atoms with E-state index in [4.69, 9.17) is 0 Å². The molecule has 0 radical (unpaired) electrons. The van der Waals surface area contributed by atoms with Crippen LogP contribution in [0.15, 0.2) is 88.7 Å². The Morgan fingerprint density at radius 3 is 2.30 bits per heavy atom. The summed E-state index contributed by atoms with van der Waals surface area (Å²) in [7, 11) is 0. The van der Waals surface area contributed by atoms with Crippen LogP contribution in [-0.2, 0) is 6.54 Å². The van der Waals surface area contributed by atoms with Crippen molar-refractivity contribution in [2.45, 2.75) is 30.2 Å². The first-order valence-corrected chi connectivity index (χ1v) is 8.49. The standard InChI is InChI=1S/C20H20N2S/c1-16(14-22-13-12-21-15-22)17(2)18-8-10-20(11-9-18)23-19-6-4-3-5-7-19/h3-13,15H,14H2,1-2H3. The zero-order valence-corrected chi connectivity index (χ0v) is 14.3. The predicted octanol–water partition coefficient (Wildman–Crippen LogP) is 5.53. The van der Waals surface area contributed by atoms with Crippen molar-refractivity contribution in [2.24, 2.45) is 0 Å². The third-order valence-corrected chi connectivity index (χ3v) is 4.90. The van der Waals surface area contributed by atoms with E-state index < -0.39 is 0 Å². The number of allylic oxidation sites excluding steroid dienone is 2. The third kappa shape index (κ3) is 4.14. The summed E-state index contributed by atoms with van der Waals surface area (Å²) in [5, 5.41) is 0. The largest absolute Gasteiger partial charge is 0.333 e. The zero-order chi connectivity index (χ0) is 16.1. The molecule has 0 N–H and O–H groups in total. The molecule has 0 unspecified atom stereocenters. The molecular formula is C20H20N2S. The van der Waals surface area contributed by atoms with Crippen LogP contribution in [0.2, 0.25) is 0 Å². The van der Waals surface area contributed by atoms with Crippen molar-refractivity contribution < 1.29 is 0 Å². The third-order valence-electron chi connectivity index (χ3n) is 3.89. The van der Waals surface area contributed by atoms with Gasteiger partial charge in [-0.05, 0) is 49.2 Å². The fraction of sp³-hybridized carbons (Fsp3) is 0.150. The molecule has 2 nitrogen and oxygen atoms in total. The van der Waals surface area contributed by atoms with Crippen molar-refractivity contribution in [2.75, 3.05) is 0 Å². The SMILES string of the molecule is CC(Cn1ccnc1)=C(C)c1ccc(Sc2ccccc2)cc1. The van der Waals surface area contributed by atoms with E-state index in [1.165, 1.54) is 26.5 Å². The Labute approximate surface area is 141 Å². The molecule has 0 spiro atoms. The van der Waals surface area contributed by atoms with Gasteiger partial charge in [-0.25, -0.2) is 4.98 Å². The molecule has 0 saturated carbocycles. The molecule has 0 aliphatic rings. The lowest BCUT2D eigenvalue weighted by Gasteiger charge is -2.10. The number of hydrogen-bond acceptors (Lipinski definition) is 2. The van der Waals surface area contributed by atoms with E-state index in [-0.39, 0.29) is 0 Å². The Morgan fingerprint density at radius 2 is 1.65 bits per heavy atom. The fourth-order valence-corrected chi connectivity index (χ4v) is 3.25. The molecule has 0 fully saturated rings. The van der Waals surface area contributed by atoms with Crippen LogP contribution in [0.4, 0.5) is 0 Å². The molecule has 0 bridgehead atoms. The van der Waals surface area contributed by atoms with Crippen LogP contribution in [0.1, 0.15) is 19.4 Å². The summed E-state index contributed by atoms with van der Waals surface area (Å²) in [5.74, 6) is 0. The van der Waals surface area contributed by atoms with Crippen LogP contribution in [0.25, 0.3) is 5.57 Å². The van der Waals surface area contributed by atoms with Gasteiger partial charge in [0, 0.05) is 28.7 Å². The number of rotatable bonds is 5. The van der Waals surface area contributed by atoms with Crippen LogP contribution in [0.3, 0.4) is 0 Å². The smallest absolute Gasteiger partial charge is 0.0948 e. The molecule has 3 heteroatoms. The molecule has 1 heterocycles. The van der Waals surface area contributed by atoms with Gasteiger partial charge in [0.2, 0.25) is 0 Å². The summed E-state index contributed by atoms with van der Waals surface area (Å²) in [6.45, 7) is 5.25. The molecule has 116 valence electrons. The van der Waals surface area contributed by atoms with Gasteiger partial charge in [0.25, 0.3) is 0 Å². The van der Waals surface area contributed by atoms with Crippen LogP contribution in [0, 0.1) is 0 Å². The maximum Gasteiger partial charge on any atom is 0.0948 e. The van der Waals surface area contributed by atoms with Gasteiger partial charge >= 0.3 is 0 Å². The van der Waals surface area contributed by atoms with Crippen molar-refractivity contribution >= 4 is 17.3 Å². The van der Waals surface area contributed by atoms with E-state index in [1.807, 2.05) is 24.8 Å². The summed E-state index contributed by atoms with van der Waals surface area (Å²) >= 11 is 1.79. The average molecular weight is 320 g/mol. The Balaban J connectivity index is 1.73. The summed E-state index contributed by atoms with van der Waals surface area (Å²) < 4.78 is 2.10. The maximum atomic E-state index is 4.10. The van der Waals surface area contributed by atoms with E-state index in [1.54, 1.807) is 11.8 Å². The normalized spacial score (nSPS) is 12.1. The average Bonchev–Trinajstić information content (AvgIpc) is 3.09. The van der Waals surface area contributed by atoms with Gasteiger partial charge in [-0.2, -0.15) is 0 Å². The molecule has 0 saturated heterocycles. The van der Waals surface area contributed by atoms with Crippen molar-refractivity contribution in [1.82, 2.24) is 9.55 Å². The Hall–Kier alpha value is -2.26. The molecule has 0 aliphatic carbocycles. The van der Waals surface area contributed by atoms with Crippen LogP contribution < -0.4 is 0 Å². The quantitative estimate of drug-likeness (QED) is 0.615. The number of hydrogen-bond donors (Lipinski definition) is 0. The lowest BCUT2D eigenvalue weighted by atomic mass is 10.0. The summed E-state index contributed by atoms with van der Waals surface area (Å²) in [6, 6.07) is 19.3. The summed E-state index contributed by atoms with van der Waals surface area (Å²) in [4.78, 5) is 6.63. The number of aromatic nitrogens is 2. The van der Waals surface area contributed by atoms with E-state index in [9.17, 15) is 0 Å². The van der Waals surface area contributed by atoms with Gasteiger partial charge in [-0.1, -0.05) is 47.7 Å². The minimum absolute atomic E-state index is 0.881. The number of benzene rings is 2. The van der Waals surface area contributed by atoms with E-state index in [0.29, 0.717) is 0 Å². The molecule has 0 aliphatic heterocycles. The first-order valence-electron chi connectivity index (χ1n) is 7.68. The second-order valence-corrected chi connectivity index (χ2v) is 6.73. The van der Waals surface area contributed by atoms with Crippen molar-refractivity contribution in [3.05, 3.63) is 84.5 Å². The summed E-state index contributed by atoms with van der Waals surface area (Å²) in [5.41, 5.74) is 3.96. The molecule has 0 amide bonds. The molecule has 1 aromatic heterocycles. The molecular weight excluding hydrogens is 300 g/mol. The second kappa shape index (κ2) is 7.34. The van der Waals surface area contributed by atoms with Crippen LogP contribution >= 0.6 is 11.8 Å². The molecule has 0 atom stereocenters. The first kappa shape index (κ1) is 15.6. The molecule has 2 aromatic carbocycles. The monoisotopic (exact) mass is 320 g/mol. The van der Waals surface area contributed by atoms with E-state index >= 15 is 0 Å². The minimum Gasteiger partial charge on any atom is -0.333 e. The van der Waals surface area contributed by atoms with Gasteiger partial charge in [-0.15, -0.1) is 0 Å². The highest BCUT2D eigenvalue weighted by molar-refractivity contribution is 7.99. The fourth-order valence-electron chi connectivity index (χ4n) is 2.42. The molecule has 23 heavy (non-hydrogen) atoms. The van der Waals surface area contributed by atoms with Crippen molar-refractivity contribution in [1.29, 1.82) is 0 Å². The minimum atomic E-state index is 0.881. The highest BCUT2D eigenvalue weighted by Crippen LogP contribution is 2.29. The van der Waals surface area contributed by atoms with Crippen molar-refractivity contribution in [3.8, 4) is 0 Å². The van der Waals surface area contributed by atoms with Gasteiger partial charge < -0.3 is 4.57 Å². The topological polar surface area (TPSA) is 17.8 Å². The maximum absolute atomic E-state index is 4.10. The predicted molar refractivity (Wildman–Crippen MR) is 97.5 cm³/mol. The molecule has 3 rings (SSSR count). The number of imidazole rings is 1. The van der Waals surface area contributed by atoms with Gasteiger partial charge in [0.15, 0.2) is 0 Å². The Kier molecular flexibility index (Phi) is 4.99. The lowest BCUT2D eigenvalue weighted by Crippen LogP contribution is -1.97.